The van der Waals surface area contributed by atoms with Crippen molar-refractivity contribution in [1.82, 2.24) is 20.3 Å². The molecule has 0 aliphatic carbocycles. The standard InChI is InChI=1S/C19H23N5O2S/c1-14-5-9-21-13-19(14,27(25,26)15-4-3-8-20-12-15)24(2)17-7-11-23-18-16(17)6-10-22-18/h3-4,6-8,10-12,14,21H,5,9,13H2,1-2H3,(H,22,23)/t14-,19+/m1/s1. The van der Waals surface area contributed by atoms with Crippen molar-refractivity contribution in [3.05, 3.63) is 49.1 Å². The van der Waals surface area contributed by atoms with Crippen LogP contribution >= 0.6 is 0 Å². The molecule has 4 heterocycles. The predicted octanol–water partition coefficient (Wildman–Crippen LogP) is 2.19. The summed E-state index contributed by atoms with van der Waals surface area (Å²) in [5, 5.41) is 4.21. The van der Waals surface area contributed by atoms with Crippen LogP contribution in [0.5, 0.6) is 0 Å². The first-order valence-electron chi connectivity index (χ1n) is 9.00. The number of hydrogen-bond donors (Lipinski definition) is 2. The molecule has 0 amide bonds. The lowest BCUT2D eigenvalue weighted by molar-refractivity contribution is 0.291. The van der Waals surface area contributed by atoms with Crippen LogP contribution in [0, 0.1) is 5.92 Å². The molecule has 8 heteroatoms. The summed E-state index contributed by atoms with van der Waals surface area (Å²) < 4.78 is 27.7. The molecule has 3 aromatic heterocycles. The molecular weight excluding hydrogens is 362 g/mol. The van der Waals surface area contributed by atoms with Gasteiger partial charge in [-0.2, -0.15) is 0 Å². The van der Waals surface area contributed by atoms with Crippen LogP contribution in [0.2, 0.25) is 0 Å². The van der Waals surface area contributed by atoms with Crippen LogP contribution in [0.15, 0.2) is 53.9 Å². The third-order valence-electron chi connectivity index (χ3n) is 5.68. The number of H-pyrrole nitrogens is 1. The minimum Gasteiger partial charge on any atom is -0.353 e. The first kappa shape index (κ1) is 17.9. The van der Waals surface area contributed by atoms with Crippen LogP contribution in [-0.4, -0.2) is 48.4 Å². The zero-order chi connectivity index (χ0) is 19.1. The number of anilines is 1. The Morgan fingerprint density at radius 3 is 2.85 bits per heavy atom. The van der Waals surface area contributed by atoms with E-state index < -0.39 is 14.7 Å². The van der Waals surface area contributed by atoms with Gasteiger partial charge in [-0.05, 0) is 43.1 Å². The van der Waals surface area contributed by atoms with Crippen molar-refractivity contribution in [3.8, 4) is 0 Å². The van der Waals surface area contributed by atoms with E-state index in [0.717, 1.165) is 29.7 Å². The highest BCUT2D eigenvalue weighted by atomic mass is 32.2. The number of piperidine rings is 1. The van der Waals surface area contributed by atoms with Gasteiger partial charge in [-0.3, -0.25) is 4.98 Å². The third-order valence-corrected chi connectivity index (χ3v) is 8.29. The Hall–Kier alpha value is -2.45. The summed E-state index contributed by atoms with van der Waals surface area (Å²) >= 11 is 0. The summed E-state index contributed by atoms with van der Waals surface area (Å²) in [7, 11) is -1.84. The fourth-order valence-electron chi connectivity index (χ4n) is 4.13. The number of rotatable bonds is 4. The highest BCUT2D eigenvalue weighted by Crippen LogP contribution is 2.42. The number of nitrogens with zero attached hydrogens (tertiary/aromatic N) is 3. The fraction of sp³-hybridized carbons (Fsp3) is 0.368. The number of aromatic nitrogens is 3. The molecule has 1 aliphatic heterocycles. The molecule has 3 aromatic rings. The second kappa shape index (κ2) is 6.61. The maximum atomic E-state index is 13.9. The van der Waals surface area contributed by atoms with Crippen LogP contribution in [0.1, 0.15) is 13.3 Å². The normalized spacial score (nSPS) is 23.4. The van der Waals surface area contributed by atoms with E-state index >= 15 is 0 Å². The SMILES string of the molecule is C[C@@H]1CCNC[C@]1(N(C)c1ccnc2[nH]ccc12)S(=O)(=O)c1cccnc1. The second-order valence-corrected chi connectivity index (χ2v) is 9.22. The monoisotopic (exact) mass is 385 g/mol. The number of likely N-dealkylation sites (N-methyl/N-ethyl adjacent to an activating group) is 1. The van der Waals surface area contributed by atoms with Gasteiger partial charge in [0.25, 0.3) is 0 Å². The molecular formula is C19H23N5O2S. The molecule has 2 N–H and O–H groups in total. The minimum absolute atomic E-state index is 0.0730. The number of aromatic amines is 1. The van der Waals surface area contributed by atoms with E-state index in [4.69, 9.17) is 0 Å². The summed E-state index contributed by atoms with van der Waals surface area (Å²) in [6, 6.07) is 7.09. The Morgan fingerprint density at radius 1 is 1.26 bits per heavy atom. The van der Waals surface area contributed by atoms with Gasteiger partial charge >= 0.3 is 0 Å². The molecule has 0 unspecified atom stereocenters. The molecule has 142 valence electrons. The molecule has 1 saturated heterocycles. The summed E-state index contributed by atoms with van der Waals surface area (Å²) in [6.45, 7) is 3.16. The Labute approximate surface area is 158 Å². The first-order chi connectivity index (χ1) is 13.0. The molecule has 2 atom stereocenters. The summed E-state index contributed by atoms with van der Waals surface area (Å²) in [4.78, 5) is 12.5. The van der Waals surface area contributed by atoms with E-state index in [0.29, 0.717) is 6.54 Å². The lowest BCUT2D eigenvalue weighted by atomic mass is 9.92. The largest absolute Gasteiger partial charge is 0.353 e. The van der Waals surface area contributed by atoms with E-state index in [-0.39, 0.29) is 10.8 Å². The highest BCUT2D eigenvalue weighted by molar-refractivity contribution is 7.93. The number of pyridine rings is 2. The molecule has 0 aromatic carbocycles. The molecule has 0 radical (unpaired) electrons. The van der Waals surface area contributed by atoms with Crippen LogP contribution in [0.3, 0.4) is 0 Å². The summed E-state index contributed by atoms with van der Waals surface area (Å²) in [5.74, 6) is -0.0730. The lowest BCUT2D eigenvalue weighted by Crippen LogP contribution is -2.65. The Bertz CT molecular complexity index is 1050. The van der Waals surface area contributed by atoms with Gasteiger partial charge in [0.15, 0.2) is 4.87 Å². The van der Waals surface area contributed by atoms with E-state index in [1.54, 1.807) is 24.5 Å². The first-order valence-corrected chi connectivity index (χ1v) is 10.5. The lowest BCUT2D eigenvalue weighted by Gasteiger charge is -2.49. The zero-order valence-electron chi connectivity index (χ0n) is 15.4. The molecule has 0 saturated carbocycles. The minimum atomic E-state index is -3.70. The Kier molecular flexibility index (Phi) is 4.39. The van der Waals surface area contributed by atoms with E-state index in [2.05, 4.69) is 20.3 Å². The van der Waals surface area contributed by atoms with Crippen molar-refractivity contribution in [2.24, 2.45) is 5.92 Å². The van der Waals surface area contributed by atoms with Gasteiger partial charge in [0, 0.05) is 43.8 Å². The second-order valence-electron chi connectivity index (χ2n) is 7.03. The van der Waals surface area contributed by atoms with Gasteiger partial charge in [0.1, 0.15) is 5.65 Å². The average Bonchev–Trinajstić information content (AvgIpc) is 3.17. The van der Waals surface area contributed by atoms with Crippen molar-refractivity contribution in [2.75, 3.05) is 25.0 Å². The number of hydrogen-bond acceptors (Lipinski definition) is 6. The number of nitrogens with one attached hydrogen (secondary N) is 2. The van der Waals surface area contributed by atoms with Gasteiger partial charge < -0.3 is 15.2 Å². The molecule has 4 rings (SSSR count). The molecule has 7 nitrogen and oxygen atoms in total. The summed E-state index contributed by atoms with van der Waals surface area (Å²) in [6.07, 6.45) is 7.32. The molecule has 1 aliphatic rings. The van der Waals surface area contributed by atoms with Gasteiger partial charge in [-0.25, -0.2) is 13.4 Å². The molecule has 1 fully saturated rings. The molecule has 0 spiro atoms. The van der Waals surface area contributed by atoms with Crippen LogP contribution in [-0.2, 0) is 9.84 Å². The van der Waals surface area contributed by atoms with Crippen LogP contribution in [0.4, 0.5) is 5.69 Å². The number of fused-ring (bicyclic) bond motifs is 1. The fourth-order valence-corrected chi connectivity index (χ4v) is 6.39. The smallest absolute Gasteiger partial charge is 0.205 e. The van der Waals surface area contributed by atoms with Crippen molar-refractivity contribution in [3.63, 3.8) is 0 Å². The van der Waals surface area contributed by atoms with Gasteiger partial charge in [0.05, 0.1) is 10.6 Å². The van der Waals surface area contributed by atoms with Gasteiger partial charge in [-0.15, -0.1) is 0 Å². The van der Waals surface area contributed by atoms with Crippen molar-refractivity contribution >= 4 is 26.6 Å². The summed E-state index contributed by atoms with van der Waals surface area (Å²) in [5.41, 5.74) is 1.58. The van der Waals surface area contributed by atoms with Crippen LogP contribution < -0.4 is 10.2 Å². The van der Waals surface area contributed by atoms with Gasteiger partial charge in [0.2, 0.25) is 9.84 Å². The van der Waals surface area contributed by atoms with Crippen molar-refractivity contribution in [1.29, 1.82) is 0 Å². The molecule has 27 heavy (non-hydrogen) atoms. The number of sulfone groups is 1. The maximum absolute atomic E-state index is 13.9. The predicted molar refractivity (Wildman–Crippen MR) is 105 cm³/mol. The zero-order valence-corrected chi connectivity index (χ0v) is 16.2. The third kappa shape index (κ3) is 2.62. The maximum Gasteiger partial charge on any atom is 0.205 e. The highest BCUT2D eigenvalue weighted by Gasteiger charge is 2.53. The van der Waals surface area contributed by atoms with Crippen molar-refractivity contribution < 1.29 is 8.42 Å². The topological polar surface area (TPSA) is 91.0 Å². The van der Waals surface area contributed by atoms with Crippen LogP contribution in [0.25, 0.3) is 11.0 Å². The van der Waals surface area contributed by atoms with Gasteiger partial charge in [-0.1, -0.05) is 6.92 Å². The Balaban J connectivity index is 1.93. The van der Waals surface area contributed by atoms with E-state index in [1.165, 1.54) is 6.20 Å². The average molecular weight is 385 g/mol. The van der Waals surface area contributed by atoms with E-state index in [9.17, 15) is 8.42 Å². The molecule has 0 bridgehead atoms. The Morgan fingerprint density at radius 2 is 2.11 bits per heavy atom. The van der Waals surface area contributed by atoms with Crippen molar-refractivity contribution in [2.45, 2.75) is 23.1 Å². The quantitative estimate of drug-likeness (QED) is 0.715. The van der Waals surface area contributed by atoms with E-state index in [1.807, 2.05) is 37.2 Å².